The Morgan fingerprint density at radius 1 is 0.944 bits per heavy atom. The zero-order valence-corrected chi connectivity index (χ0v) is 19.3. The van der Waals surface area contributed by atoms with Crippen molar-refractivity contribution in [1.82, 2.24) is 9.55 Å². The number of carbonyl (C=O) groups excluding carboxylic acids is 3. The number of fused-ring (bicyclic) bond motifs is 1. The standard InChI is InChI=1S/C26H20FN3O6/c1-35-25(33)17-7-10-19(26(34)36-2)21(13-17)29-23(31)20-12-16-4-3-11-28-22(16)30(24(20)32)14-15-5-8-18(27)9-6-15/h3-13H,14H2,1-2H3,(H,29,31). The molecule has 9 nitrogen and oxygen atoms in total. The van der Waals surface area contributed by atoms with Crippen LogP contribution in [0.1, 0.15) is 36.6 Å². The number of methoxy groups -OCH3 is 2. The summed E-state index contributed by atoms with van der Waals surface area (Å²) in [4.78, 5) is 55.2. The van der Waals surface area contributed by atoms with Crippen molar-refractivity contribution in [3.05, 3.63) is 105 Å². The van der Waals surface area contributed by atoms with Crippen molar-refractivity contribution in [2.75, 3.05) is 19.5 Å². The van der Waals surface area contributed by atoms with Crippen LogP contribution in [0.3, 0.4) is 0 Å². The van der Waals surface area contributed by atoms with Gasteiger partial charge in [0.05, 0.1) is 37.6 Å². The summed E-state index contributed by atoms with van der Waals surface area (Å²) in [5, 5.41) is 3.05. The molecule has 2 aromatic heterocycles. The molecule has 0 saturated carbocycles. The molecule has 2 aromatic carbocycles. The van der Waals surface area contributed by atoms with Gasteiger partial charge in [-0.2, -0.15) is 0 Å². The maximum atomic E-state index is 13.4. The number of carbonyl (C=O) groups is 3. The highest BCUT2D eigenvalue weighted by atomic mass is 19.1. The van der Waals surface area contributed by atoms with Crippen LogP contribution >= 0.6 is 0 Å². The first-order valence-electron chi connectivity index (χ1n) is 10.7. The highest BCUT2D eigenvalue weighted by molar-refractivity contribution is 6.09. The van der Waals surface area contributed by atoms with Gasteiger partial charge in [0.1, 0.15) is 17.0 Å². The van der Waals surface area contributed by atoms with Gasteiger partial charge in [0, 0.05) is 11.6 Å². The lowest BCUT2D eigenvalue weighted by atomic mass is 10.1. The van der Waals surface area contributed by atoms with Crippen LogP contribution in [0.5, 0.6) is 0 Å². The monoisotopic (exact) mass is 489 g/mol. The van der Waals surface area contributed by atoms with E-state index in [1.165, 1.54) is 73.5 Å². The maximum absolute atomic E-state index is 13.4. The van der Waals surface area contributed by atoms with Gasteiger partial charge in [0.25, 0.3) is 11.5 Å². The molecule has 1 amide bonds. The second kappa shape index (κ2) is 10.2. The fourth-order valence-electron chi connectivity index (χ4n) is 3.66. The minimum absolute atomic E-state index is 0.0207. The van der Waals surface area contributed by atoms with E-state index in [9.17, 15) is 23.6 Å². The Morgan fingerprint density at radius 3 is 2.36 bits per heavy atom. The van der Waals surface area contributed by atoms with Crippen LogP contribution in [-0.4, -0.2) is 41.6 Å². The van der Waals surface area contributed by atoms with Gasteiger partial charge in [-0.3, -0.25) is 14.2 Å². The minimum atomic E-state index is -0.814. The maximum Gasteiger partial charge on any atom is 0.339 e. The highest BCUT2D eigenvalue weighted by Gasteiger charge is 2.21. The number of pyridine rings is 2. The van der Waals surface area contributed by atoms with Crippen LogP contribution in [0.4, 0.5) is 10.1 Å². The Bertz CT molecular complexity index is 1550. The van der Waals surface area contributed by atoms with E-state index in [0.717, 1.165) is 0 Å². The van der Waals surface area contributed by atoms with Gasteiger partial charge in [0.2, 0.25) is 0 Å². The van der Waals surface area contributed by atoms with Crippen molar-refractivity contribution >= 4 is 34.6 Å². The lowest BCUT2D eigenvalue weighted by Gasteiger charge is -2.14. The van der Waals surface area contributed by atoms with Gasteiger partial charge in [-0.05, 0) is 54.1 Å². The van der Waals surface area contributed by atoms with Crippen LogP contribution in [0.15, 0.2) is 71.7 Å². The minimum Gasteiger partial charge on any atom is -0.465 e. The average molecular weight is 489 g/mol. The Kier molecular flexibility index (Phi) is 6.86. The number of anilines is 1. The number of halogens is 1. The first-order valence-corrected chi connectivity index (χ1v) is 10.7. The van der Waals surface area contributed by atoms with Crippen molar-refractivity contribution < 1.29 is 28.2 Å². The smallest absolute Gasteiger partial charge is 0.339 e. The fraction of sp³-hybridized carbons (Fsp3) is 0.115. The van der Waals surface area contributed by atoms with E-state index < -0.39 is 29.2 Å². The summed E-state index contributed by atoms with van der Waals surface area (Å²) in [5.74, 6) is -2.66. The van der Waals surface area contributed by atoms with Crippen LogP contribution in [0.25, 0.3) is 11.0 Å². The third-order valence-corrected chi connectivity index (χ3v) is 5.44. The van der Waals surface area contributed by atoms with E-state index in [-0.39, 0.29) is 28.9 Å². The summed E-state index contributed by atoms with van der Waals surface area (Å²) in [6.07, 6.45) is 1.52. The van der Waals surface area contributed by atoms with Crippen molar-refractivity contribution in [1.29, 1.82) is 0 Å². The number of esters is 2. The van der Waals surface area contributed by atoms with E-state index in [1.807, 2.05) is 0 Å². The van der Waals surface area contributed by atoms with Gasteiger partial charge >= 0.3 is 11.9 Å². The molecule has 0 radical (unpaired) electrons. The van der Waals surface area contributed by atoms with E-state index in [1.54, 1.807) is 12.1 Å². The van der Waals surface area contributed by atoms with Gasteiger partial charge in [-0.25, -0.2) is 19.0 Å². The number of hydrogen-bond donors (Lipinski definition) is 1. The normalized spacial score (nSPS) is 10.6. The molecule has 1 N–H and O–H groups in total. The molecule has 0 atom stereocenters. The molecule has 0 aliphatic carbocycles. The summed E-state index contributed by atoms with van der Waals surface area (Å²) in [7, 11) is 2.37. The van der Waals surface area contributed by atoms with Crippen molar-refractivity contribution in [3.8, 4) is 0 Å². The third kappa shape index (κ3) is 4.83. The Labute approximate surface area is 204 Å². The van der Waals surface area contributed by atoms with E-state index in [0.29, 0.717) is 16.6 Å². The van der Waals surface area contributed by atoms with Gasteiger partial charge < -0.3 is 14.8 Å². The number of hydrogen-bond acceptors (Lipinski definition) is 7. The predicted molar refractivity (Wildman–Crippen MR) is 129 cm³/mol. The number of rotatable bonds is 6. The molecular weight excluding hydrogens is 469 g/mol. The molecule has 10 heteroatoms. The van der Waals surface area contributed by atoms with Crippen LogP contribution in [0.2, 0.25) is 0 Å². The molecular formula is C26H20FN3O6. The summed E-state index contributed by atoms with van der Waals surface area (Å²) >= 11 is 0. The average Bonchev–Trinajstić information content (AvgIpc) is 2.90. The largest absolute Gasteiger partial charge is 0.465 e. The second-order valence-corrected chi connectivity index (χ2v) is 7.69. The van der Waals surface area contributed by atoms with Crippen molar-refractivity contribution in [2.24, 2.45) is 0 Å². The molecule has 4 aromatic rings. The molecule has 0 saturated heterocycles. The molecule has 4 rings (SSSR count). The first-order chi connectivity index (χ1) is 17.3. The molecule has 0 unspecified atom stereocenters. The summed E-state index contributed by atoms with van der Waals surface area (Å²) in [5.41, 5.74) is 0.117. The van der Waals surface area contributed by atoms with Crippen LogP contribution in [0, 0.1) is 5.82 Å². The number of benzene rings is 2. The Balaban J connectivity index is 1.79. The van der Waals surface area contributed by atoms with Gasteiger partial charge in [0.15, 0.2) is 0 Å². The second-order valence-electron chi connectivity index (χ2n) is 7.69. The van der Waals surface area contributed by atoms with Gasteiger partial charge in [-0.1, -0.05) is 12.1 Å². The van der Waals surface area contributed by atoms with E-state index in [2.05, 4.69) is 10.3 Å². The summed E-state index contributed by atoms with van der Waals surface area (Å²) < 4.78 is 24.1. The van der Waals surface area contributed by atoms with Crippen LogP contribution < -0.4 is 10.9 Å². The van der Waals surface area contributed by atoms with Crippen molar-refractivity contribution in [2.45, 2.75) is 6.54 Å². The molecule has 0 spiro atoms. The number of amides is 1. The lowest BCUT2D eigenvalue weighted by molar-refractivity contribution is 0.0587. The zero-order valence-electron chi connectivity index (χ0n) is 19.3. The molecule has 36 heavy (non-hydrogen) atoms. The lowest BCUT2D eigenvalue weighted by Crippen LogP contribution is -2.30. The Hall–Kier alpha value is -4.86. The van der Waals surface area contributed by atoms with E-state index in [4.69, 9.17) is 9.47 Å². The molecule has 2 heterocycles. The predicted octanol–water partition coefficient (Wildman–Crippen LogP) is 3.41. The SMILES string of the molecule is COC(=O)c1ccc(C(=O)OC)c(NC(=O)c2cc3cccnc3n(Cc3ccc(F)cc3)c2=O)c1. The molecule has 0 aliphatic heterocycles. The first kappa shape index (κ1) is 24.3. The van der Waals surface area contributed by atoms with Gasteiger partial charge in [-0.15, -0.1) is 0 Å². The molecule has 0 aliphatic rings. The zero-order chi connectivity index (χ0) is 25.8. The third-order valence-electron chi connectivity index (χ3n) is 5.44. The van der Waals surface area contributed by atoms with E-state index >= 15 is 0 Å². The molecule has 0 bridgehead atoms. The van der Waals surface area contributed by atoms with Crippen LogP contribution in [-0.2, 0) is 16.0 Å². The highest BCUT2D eigenvalue weighted by Crippen LogP contribution is 2.21. The topological polar surface area (TPSA) is 117 Å². The number of aromatic nitrogens is 2. The van der Waals surface area contributed by atoms with Crippen molar-refractivity contribution in [3.63, 3.8) is 0 Å². The quantitative estimate of drug-likeness (QED) is 0.413. The number of nitrogens with zero attached hydrogens (tertiary/aromatic N) is 2. The number of nitrogens with one attached hydrogen (secondary N) is 1. The fourth-order valence-corrected chi connectivity index (χ4v) is 3.66. The summed E-state index contributed by atoms with van der Waals surface area (Å²) in [6.45, 7) is 0.0407. The Morgan fingerprint density at radius 2 is 1.67 bits per heavy atom. The molecule has 182 valence electrons. The number of ether oxygens (including phenoxy) is 2. The summed E-state index contributed by atoms with van der Waals surface area (Å²) in [6, 6.07) is 14.3. The molecule has 0 fully saturated rings.